The number of rotatable bonds is 2. The highest BCUT2D eigenvalue weighted by Gasteiger charge is 2.11. The number of nitrogens with two attached hydrogens (primary N) is 1. The zero-order chi connectivity index (χ0) is 11.0. The Kier molecular flexibility index (Phi) is 2.72. The third kappa shape index (κ3) is 1.87. The van der Waals surface area contributed by atoms with E-state index in [0.29, 0.717) is 0 Å². The molecule has 0 aliphatic rings. The van der Waals surface area contributed by atoms with Gasteiger partial charge >= 0.3 is 0 Å². The smallest absolute Gasteiger partial charge is 0.0648 e. The third-order valence-electron chi connectivity index (χ3n) is 2.63. The number of para-hydroxylation sites is 1. The summed E-state index contributed by atoms with van der Waals surface area (Å²) in [5.41, 5.74) is 9.30. The molecule has 0 fully saturated rings. The van der Waals surface area contributed by atoms with Crippen molar-refractivity contribution in [3.63, 3.8) is 0 Å². The molecular formula is C12H15ClN2. The zero-order valence-corrected chi connectivity index (χ0v) is 9.73. The molecule has 0 amide bonds. The van der Waals surface area contributed by atoms with Crippen molar-refractivity contribution in [3.05, 3.63) is 34.5 Å². The van der Waals surface area contributed by atoms with Gasteiger partial charge in [-0.3, -0.25) is 0 Å². The van der Waals surface area contributed by atoms with E-state index in [9.17, 15) is 0 Å². The number of aromatic amines is 1. The van der Waals surface area contributed by atoms with Gasteiger partial charge in [0.1, 0.15) is 0 Å². The molecule has 0 aliphatic heterocycles. The standard InChI is InChI=1S/C12H15ClN2/c1-7(14)6-10-8(2)15-12-9(10)4-3-5-11(12)13/h3-5,7,15H,6,14H2,1-2H3. The first-order valence-electron chi connectivity index (χ1n) is 5.11. The van der Waals surface area contributed by atoms with Crippen LogP contribution >= 0.6 is 11.6 Å². The number of halogens is 1. The van der Waals surface area contributed by atoms with Crippen LogP contribution in [0.15, 0.2) is 18.2 Å². The maximum Gasteiger partial charge on any atom is 0.0648 e. The number of benzene rings is 1. The maximum absolute atomic E-state index is 6.12. The monoisotopic (exact) mass is 222 g/mol. The molecule has 2 aromatic rings. The Balaban J connectivity index is 2.63. The Hall–Kier alpha value is -0.990. The Bertz CT molecular complexity index is 486. The molecule has 2 rings (SSSR count). The van der Waals surface area contributed by atoms with Crippen LogP contribution in [0.4, 0.5) is 0 Å². The highest BCUT2D eigenvalue weighted by molar-refractivity contribution is 6.35. The van der Waals surface area contributed by atoms with E-state index in [2.05, 4.69) is 18.0 Å². The Morgan fingerprint density at radius 3 is 2.87 bits per heavy atom. The maximum atomic E-state index is 6.12. The number of nitrogens with one attached hydrogen (secondary N) is 1. The predicted octanol–water partition coefficient (Wildman–Crippen LogP) is 3.02. The molecule has 3 heteroatoms. The fourth-order valence-corrected chi connectivity index (χ4v) is 2.17. The van der Waals surface area contributed by atoms with Crippen LogP contribution in [0, 0.1) is 6.92 Å². The average Bonchev–Trinajstić information content (AvgIpc) is 2.45. The molecule has 1 aromatic carbocycles. The Morgan fingerprint density at radius 1 is 1.47 bits per heavy atom. The van der Waals surface area contributed by atoms with Crippen molar-refractivity contribution in [2.24, 2.45) is 5.73 Å². The Morgan fingerprint density at radius 2 is 2.20 bits per heavy atom. The molecule has 0 saturated heterocycles. The quantitative estimate of drug-likeness (QED) is 0.806. The van der Waals surface area contributed by atoms with Crippen molar-refractivity contribution in [1.29, 1.82) is 0 Å². The summed E-state index contributed by atoms with van der Waals surface area (Å²) in [4.78, 5) is 3.31. The molecule has 80 valence electrons. The molecule has 3 N–H and O–H groups in total. The fourth-order valence-electron chi connectivity index (χ4n) is 1.95. The van der Waals surface area contributed by atoms with Gasteiger partial charge in [-0.25, -0.2) is 0 Å². The number of hydrogen-bond acceptors (Lipinski definition) is 1. The van der Waals surface area contributed by atoms with Crippen LogP contribution in [-0.2, 0) is 6.42 Å². The molecule has 0 saturated carbocycles. The second kappa shape index (κ2) is 3.87. The summed E-state index contributed by atoms with van der Waals surface area (Å²) in [6, 6.07) is 6.13. The lowest BCUT2D eigenvalue weighted by atomic mass is 10.0. The second-order valence-corrected chi connectivity index (χ2v) is 4.48. The normalized spacial score (nSPS) is 13.3. The topological polar surface area (TPSA) is 41.8 Å². The van der Waals surface area contributed by atoms with Gasteiger partial charge in [0.2, 0.25) is 0 Å². The van der Waals surface area contributed by atoms with Crippen molar-refractivity contribution in [3.8, 4) is 0 Å². The lowest BCUT2D eigenvalue weighted by molar-refractivity contribution is 0.738. The summed E-state index contributed by atoms with van der Waals surface area (Å²) in [7, 11) is 0. The van der Waals surface area contributed by atoms with Gasteiger partial charge in [-0.1, -0.05) is 23.7 Å². The number of aromatic nitrogens is 1. The van der Waals surface area contributed by atoms with E-state index in [-0.39, 0.29) is 6.04 Å². The summed E-state index contributed by atoms with van der Waals surface area (Å²) in [6.07, 6.45) is 0.881. The minimum Gasteiger partial charge on any atom is -0.357 e. The average molecular weight is 223 g/mol. The largest absolute Gasteiger partial charge is 0.357 e. The van der Waals surface area contributed by atoms with E-state index in [1.807, 2.05) is 19.1 Å². The van der Waals surface area contributed by atoms with Gasteiger partial charge in [-0.2, -0.15) is 0 Å². The lowest BCUT2D eigenvalue weighted by Gasteiger charge is -2.04. The molecule has 1 atom stereocenters. The van der Waals surface area contributed by atoms with Gasteiger partial charge < -0.3 is 10.7 Å². The SMILES string of the molecule is Cc1[nH]c2c(Cl)cccc2c1CC(C)N. The van der Waals surface area contributed by atoms with Crippen molar-refractivity contribution >= 4 is 22.5 Å². The van der Waals surface area contributed by atoms with Crippen LogP contribution in [0.1, 0.15) is 18.2 Å². The summed E-state index contributed by atoms with van der Waals surface area (Å²) < 4.78 is 0. The molecule has 0 aliphatic carbocycles. The van der Waals surface area contributed by atoms with Crippen LogP contribution in [0.5, 0.6) is 0 Å². The van der Waals surface area contributed by atoms with E-state index >= 15 is 0 Å². The first kappa shape index (κ1) is 10.5. The van der Waals surface area contributed by atoms with Crippen LogP contribution in [0.2, 0.25) is 5.02 Å². The van der Waals surface area contributed by atoms with E-state index in [1.54, 1.807) is 0 Å². The van der Waals surface area contributed by atoms with Crippen LogP contribution in [0.25, 0.3) is 10.9 Å². The minimum absolute atomic E-state index is 0.168. The molecule has 1 heterocycles. The molecule has 1 aromatic heterocycles. The molecular weight excluding hydrogens is 208 g/mol. The summed E-state index contributed by atoms with van der Waals surface area (Å²) in [5.74, 6) is 0. The number of aryl methyl sites for hydroxylation is 1. The molecule has 2 nitrogen and oxygen atoms in total. The van der Waals surface area contributed by atoms with Gasteiger partial charge in [0.25, 0.3) is 0 Å². The molecule has 15 heavy (non-hydrogen) atoms. The first-order valence-corrected chi connectivity index (χ1v) is 5.48. The van der Waals surface area contributed by atoms with Gasteiger partial charge in [0, 0.05) is 17.1 Å². The summed E-state index contributed by atoms with van der Waals surface area (Å²) >= 11 is 6.12. The van der Waals surface area contributed by atoms with E-state index in [1.165, 1.54) is 10.9 Å². The first-order chi connectivity index (χ1) is 7.09. The Labute approximate surface area is 94.4 Å². The van der Waals surface area contributed by atoms with Gasteiger partial charge in [-0.15, -0.1) is 0 Å². The zero-order valence-electron chi connectivity index (χ0n) is 8.97. The van der Waals surface area contributed by atoms with Crippen molar-refractivity contribution < 1.29 is 0 Å². The van der Waals surface area contributed by atoms with Gasteiger partial charge in [0.15, 0.2) is 0 Å². The highest BCUT2D eigenvalue weighted by atomic mass is 35.5. The van der Waals surface area contributed by atoms with Gasteiger partial charge in [-0.05, 0) is 31.9 Å². The van der Waals surface area contributed by atoms with Crippen LogP contribution in [0.3, 0.4) is 0 Å². The van der Waals surface area contributed by atoms with Crippen LogP contribution < -0.4 is 5.73 Å². The predicted molar refractivity (Wildman–Crippen MR) is 65.4 cm³/mol. The highest BCUT2D eigenvalue weighted by Crippen LogP contribution is 2.28. The van der Waals surface area contributed by atoms with Crippen LogP contribution in [-0.4, -0.2) is 11.0 Å². The van der Waals surface area contributed by atoms with E-state index in [4.69, 9.17) is 17.3 Å². The second-order valence-electron chi connectivity index (χ2n) is 4.07. The lowest BCUT2D eigenvalue weighted by Crippen LogP contribution is -2.18. The van der Waals surface area contributed by atoms with Crippen molar-refractivity contribution in [2.75, 3.05) is 0 Å². The molecule has 1 unspecified atom stereocenters. The van der Waals surface area contributed by atoms with Gasteiger partial charge in [0.05, 0.1) is 10.5 Å². The van der Waals surface area contributed by atoms with Crippen molar-refractivity contribution in [2.45, 2.75) is 26.3 Å². The number of fused-ring (bicyclic) bond motifs is 1. The number of hydrogen-bond donors (Lipinski definition) is 2. The molecule has 0 bridgehead atoms. The summed E-state index contributed by atoms with van der Waals surface area (Å²) in [5, 5.41) is 1.96. The fraction of sp³-hybridized carbons (Fsp3) is 0.333. The molecule has 0 radical (unpaired) electrons. The summed E-state index contributed by atoms with van der Waals surface area (Å²) in [6.45, 7) is 4.08. The van der Waals surface area contributed by atoms with E-state index < -0.39 is 0 Å². The van der Waals surface area contributed by atoms with E-state index in [0.717, 1.165) is 22.7 Å². The molecule has 0 spiro atoms. The van der Waals surface area contributed by atoms with Crippen molar-refractivity contribution in [1.82, 2.24) is 4.98 Å². The number of H-pyrrole nitrogens is 1. The minimum atomic E-state index is 0.168. The third-order valence-corrected chi connectivity index (χ3v) is 2.94.